The van der Waals surface area contributed by atoms with Gasteiger partial charge in [-0.2, -0.15) is 0 Å². The highest BCUT2D eigenvalue weighted by molar-refractivity contribution is 5.94. The van der Waals surface area contributed by atoms with Crippen molar-refractivity contribution < 1.29 is 4.79 Å². The van der Waals surface area contributed by atoms with Crippen molar-refractivity contribution in [2.24, 2.45) is 0 Å². The van der Waals surface area contributed by atoms with Gasteiger partial charge in [-0.15, -0.1) is 0 Å². The van der Waals surface area contributed by atoms with E-state index in [0.717, 1.165) is 37.5 Å². The van der Waals surface area contributed by atoms with E-state index in [1.165, 1.54) is 18.4 Å². The van der Waals surface area contributed by atoms with Crippen molar-refractivity contribution in [3.63, 3.8) is 0 Å². The molecule has 2 fully saturated rings. The Morgan fingerprint density at radius 1 is 1.10 bits per heavy atom. The lowest BCUT2D eigenvalue weighted by Crippen LogP contribution is -2.45. The quantitative estimate of drug-likeness (QED) is 0.922. The van der Waals surface area contributed by atoms with E-state index in [2.05, 4.69) is 36.2 Å². The van der Waals surface area contributed by atoms with E-state index < -0.39 is 0 Å². The van der Waals surface area contributed by atoms with E-state index >= 15 is 0 Å². The van der Waals surface area contributed by atoms with Crippen molar-refractivity contribution in [3.8, 4) is 0 Å². The molecule has 0 bridgehead atoms. The molecule has 1 aromatic carbocycles. The third-order valence-electron chi connectivity index (χ3n) is 4.77. The third kappa shape index (κ3) is 3.65. The number of benzene rings is 1. The molecule has 3 rings (SSSR count). The first-order chi connectivity index (χ1) is 10.1. The summed E-state index contributed by atoms with van der Waals surface area (Å²) in [6, 6.07) is 9.22. The lowest BCUT2D eigenvalue weighted by atomic mass is 10.0. The van der Waals surface area contributed by atoms with Crippen molar-refractivity contribution in [1.29, 1.82) is 0 Å². The Kier molecular flexibility index (Phi) is 4.29. The summed E-state index contributed by atoms with van der Waals surface area (Å²) in [4.78, 5) is 14.9. The highest BCUT2D eigenvalue weighted by atomic mass is 16.1. The number of nitrogens with one attached hydrogen (secondary N) is 1. The summed E-state index contributed by atoms with van der Waals surface area (Å²) in [6.45, 7) is 6.62. The molecule has 3 heteroatoms. The predicted octanol–water partition coefficient (Wildman–Crippen LogP) is 3.17. The number of rotatable bonds is 4. The van der Waals surface area contributed by atoms with Crippen LogP contribution in [-0.2, 0) is 0 Å². The molecule has 1 aliphatic heterocycles. The van der Waals surface area contributed by atoms with Crippen LogP contribution in [0.3, 0.4) is 0 Å². The van der Waals surface area contributed by atoms with Crippen LogP contribution < -0.4 is 5.32 Å². The molecule has 0 atom stereocenters. The van der Waals surface area contributed by atoms with Gasteiger partial charge in [-0.1, -0.05) is 26.0 Å². The van der Waals surface area contributed by atoms with Crippen molar-refractivity contribution in [3.05, 3.63) is 35.4 Å². The molecule has 1 heterocycles. The number of likely N-dealkylation sites (tertiary alicyclic amines) is 1. The van der Waals surface area contributed by atoms with Gasteiger partial charge in [0.25, 0.3) is 5.91 Å². The van der Waals surface area contributed by atoms with Gasteiger partial charge in [0.2, 0.25) is 0 Å². The summed E-state index contributed by atoms with van der Waals surface area (Å²) >= 11 is 0. The molecule has 0 radical (unpaired) electrons. The first-order valence-electron chi connectivity index (χ1n) is 8.28. The van der Waals surface area contributed by atoms with Gasteiger partial charge < -0.3 is 10.2 Å². The van der Waals surface area contributed by atoms with Gasteiger partial charge in [-0.05, 0) is 49.3 Å². The SMILES string of the molecule is CC(C)c1ccc(C(=O)NC2CCN(C3CC3)CC2)cc1. The van der Waals surface area contributed by atoms with Crippen LogP contribution in [-0.4, -0.2) is 36.0 Å². The predicted molar refractivity (Wildman–Crippen MR) is 85.6 cm³/mol. The van der Waals surface area contributed by atoms with Gasteiger partial charge >= 0.3 is 0 Å². The van der Waals surface area contributed by atoms with Crippen LogP contribution in [0.15, 0.2) is 24.3 Å². The lowest BCUT2D eigenvalue weighted by Gasteiger charge is -2.32. The Hall–Kier alpha value is -1.35. The summed E-state index contributed by atoms with van der Waals surface area (Å²) in [6.07, 6.45) is 4.93. The normalized spacial score (nSPS) is 20.7. The minimum Gasteiger partial charge on any atom is -0.349 e. The first kappa shape index (κ1) is 14.6. The number of nitrogens with zero attached hydrogens (tertiary/aromatic N) is 1. The molecule has 21 heavy (non-hydrogen) atoms. The average Bonchev–Trinajstić information content (AvgIpc) is 3.33. The largest absolute Gasteiger partial charge is 0.349 e. The molecule has 3 nitrogen and oxygen atoms in total. The number of piperidine rings is 1. The summed E-state index contributed by atoms with van der Waals surface area (Å²) in [5, 5.41) is 3.20. The number of hydrogen-bond acceptors (Lipinski definition) is 2. The number of hydrogen-bond donors (Lipinski definition) is 1. The van der Waals surface area contributed by atoms with Gasteiger partial charge in [0.15, 0.2) is 0 Å². The minimum atomic E-state index is 0.0789. The highest BCUT2D eigenvalue weighted by Crippen LogP contribution is 2.29. The second-order valence-electron chi connectivity index (χ2n) is 6.79. The Balaban J connectivity index is 1.51. The van der Waals surface area contributed by atoms with E-state index in [4.69, 9.17) is 0 Å². The van der Waals surface area contributed by atoms with Crippen LogP contribution in [0.1, 0.15) is 61.4 Å². The topological polar surface area (TPSA) is 32.3 Å². The molecular weight excluding hydrogens is 260 g/mol. The van der Waals surface area contributed by atoms with E-state index in [1.807, 2.05) is 12.1 Å². The second-order valence-corrected chi connectivity index (χ2v) is 6.79. The van der Waals surface area contributed by atoms with E-state index in [1.54, 1.807) is 0 Å². The van der Waals surface area contributed by atoms with Crippen LogP contribution in [0.4, 0.5) is 0 Å². The molecule has 1 amide bonds. The number of carbonyl (C=O) groups is 1. The molecule has 1 aliphatic carbocycles. The molecule has 114 valence electrons. The molecule has 0 aromatic heterocycles. The first-order valence-corrected chi connectivity index (χ1v) is 8.28. The standard InChI is InChI=1S/C18H26N2O/c1-13(2)14-3-5-15(6-4-14)18(21)19-16-9-11-20(12-10-16)17-7-8-17/h3-6,13,16-17H,7-12H2,1-2H3,(H,19,21). The Morgan fingerprint density at radius 3 is 2.24 bits per heavy atom. The van der Waals surface area contributed by atoms with E-state index in [-0.39, 0.29) is 5.91 Å². The smallest absolute Gasteiger partial charge is 0.251 e. The van der Waals surface area contributed by atoms with Crippen LogP contribution in [0.5, 0.6) is 0 Å². The fourth-order valence-electron chi connectivity index (χ4n) is 3.14. The van der Waals surface area contributed by atoms with Crippen molar-refractivity contribution in [2.75, 3.05) is 13.1 Å². The maximum atomic E-state index is 12.3. The maximum absolute atomic E-state index is 12.3. The van der Waals surface area contributed by atoms with Gasteiger partial charge in [-0.25, -0.2) is 0 Å². The molecule has 2 aliphatic rings. The lowest BCUT2D eigenvalue weighted by molar-refractivity contribution is 0.0909. The fraction of sp³-hybridized carbons (Fsp3) is 0.611. The zero-order valence-electron chi connectivity index (χ0n) is 13.1. The summed E-state index contributed by atoms with van der Waals surface area (Å²) < 4.78 is 0. The molecule has 0 unspecified atom stereocenters. The Labute approximate surface area is 127 Å². The summed E-state index contributed by atoms with van der Waals surface area (Å²) in [5.41, 5.74) is 2.06. The Morgan fingerprint density at radius 2 is 1.71 bits per heavy atom. The number of amides is 1. The molecule has 1 N–H and O–H groups in total. The monoisotopic (exact) mass is 286 g/mol. The summed E-state index contributed by atoms with van der Waals surface area (Å²) in [5.74, 6) is 0.587. The van der Waals surface area contributed by atoms with Gasteiger partial charge in [0, 0.05) is 30.7 Å². The summed E-state index contributed by atoms with van der Waals surface area (Å²) in [7, 11) is 0. The molecule has 0 spiro atoms. The highest BCUT2D eigenvalue weighted by Gasteiger charge is 2.32. The number of carbonyl (C=O) groups excluding carboxylic acids is 1. The average molecular weight is 286 g/mol. The second kappa shape index (κ2) is 6.18. The van der Waals surface area contributed by atoms with Gasteiger partial charge in [0.1, 0.15) is 0 Å². The Bertz CT molecular complexity index is 482. The molecule has 1 saturated carbocycles. The van der Waals surface area contributed by atoms with Crippen LogP contribution in [0.2, 0.25) is 0 Å². The van der Waals surface area contributed by atoms with Crippen molar-refractivity contribution in [2.45, 2.75) is 57.5 Å². The van der Waals surface area contributed by atoms with Crippen LogP contribution >= 0.6 is 0 Å². The third-order valence-corrected chi connectivity index (χ3v) is 4.77. The van der Waals surface area contributed by atoms with Crippen molar-refractivity contribution in [1.82, 2.24) is 10.2 Å². The zero-order valence-corrected chi connectivity index (χ0v) is 13.1. The molecular formula is C18H26N2O. The maximum Gasteiger partial charge on any atom is 0.251 e. The van der Waals surface area contributed by atoms with Crippen LogP contribution in [0, 0.1) is 0 Å². The molecule has 1 aromatic rings. The van der Waals surface area contributed by atoms with Crippen molar-refractivity contribution >= 4 is 5.91 Å². The van der Waals surface area contributed by atoms with Gasteiger partial charge in [0.05, 0.1) is 0 Å². The molecule has 1 saturated heterocycles. The fourth-order valence-corrected chi connectivity index (χ4v) is 3.14. The van der Waals surface area contributed by atoms with E-state index in [9.17, 15) is 4.79 Å². The minimum absolute atomic E-state index is 0.0789. The van der Waals surface area contributed by atoms with Gasteiger partial charge in [-0.3, -0.25) is 4.79 Å². The zero-order chi connectivity index (χ0) is 14.8. The van der Waals surface area contributed by atoms with E-state index in [0.29, 0.717) is 12.0 Å². The van der Waals surface area contributed by atoms with Crippen LogP contribution in [0.25, 0.3) is 0 Å².